The van der Waals surface area contributed by atoms with E-state index in [1.165, 1.54) is 21.5 Å². The zero-order chi connectivity index (χ0) is 14.5. The van der Waals surface area contributed by atoms with Crippen LogP contribution >= 0.6 is 0 Å². The van der Waals surface area contributed by atoms with Crippen molar-refractivity contribution in [2.24, 2.45) is 0 Å². The lowest BCUT2D eigenvalue weighted by Gasteiger charge is -2.07. The molecule has 0 aliphatic rings. The second-order valence-electron chi connectivity index (χ2n) is 5.62. The predicted molar refractivity (Wildman–Crippen MR) is 93.1 cm³/mol. The third kappa shape index (κ3) is 1.57. The molecular weight excluding hydrogens is 266 g/mol. The summed E-state index contributed by atoms with van der Waals surface area (Å²) < 4.78 is 0. The van der Waals surface area contributed by atoms with Crippen molar-refractivity contribution in [2.75, 3.05) is 0 Å². The van der Waals surface area contributed by atoms with E-state index in [0.29, 0.717) is 0 Å². The van der Waals surface area contributed by atoms with Crippen LogP contribution in [0.2, 0.25) is 0 Å². The number of fused-ring (bicyclic) bond motifs is 6. The van der Waals surface area contributed by atoms with Crippen LogP contribution in [-0.2, 0) is 0 Å². The van der Waals surface area contributed by atoms with Crippen LogP contribution in [0.4, 0.5) is 0 Å². The predicted octanol–water partition coefficient (Wildman–Crippen LogP) is 5.49. The van der Waals surface area contributed by atoms with Crippen LogP contribution in [0.3, 0.4) is 0 Å². The Morgan fingerprint density at radius 1 is 0.636 bits per heavy atom. The van der Waals surface area contributed by atoms with Gasteiger partial charge in [0.15, 0.2) is 0 Å². The Morgan fingerprint density at radius 2 is 1.36 bits per heavy atom. The summed E-state index contributed by atoms with van der Waals surface area (Å²) in [7, 11) is 0. The minimum absolute atomic E-state index is 1.03. The Bertz CT molecular complexity index is 1080. The molecule has 0 saturated heterocycles. The molecule has 1 nitrogen and oxygen atoms in total. The standard InChI is InChI=1S/C21H12N/c1-3-7-18-14(5-1)9-11-16-13-17-12-10-15-6-2-4-8-19(15)21(17)22-20(16)18/h1-7,9-13H. The van der Waals surface area contributed by atoms with Gasteiger partial charge in [-0.2, -0.15) is 0 Å². The van der Waals surface area contributed by atoms with E-state index in [4.69, 9.17) is 4.98 Å². The summed E-state index contributed by atoms with van der Waals surface area (Å²) in [4.78, 5) is 5.00. The Morgan fingerprint density at radius 3 is 2.32 bits per heavy atom. The van der Waals surface area contributed by atoms with Crippen LogP contribution in [-0.4, -0.2) is 4.98 Å². The fourth-order valence-corrected chi connectivity index (χ4v) is 3.23. The van der Waals surface area contributed by atoms with Gasteiger partial charge < -0.3 is 0 Å². The highest BCUT2D eigenvalue weighted by atomic mass is 14.7. The summed E-state index contributed by atoms with van der Waals surface area (Å²) >= 11 is 0. The van der Waals surface area contributed by atoms with Crippen molar-refractivity contribution in [1.29, 1.82) is 0 Å². The number of hydrogen-bond acceptors (Lipinski definition) is 1. The largest absolute Gasteiger partial charge is 0.246 e. The van der Waals surface area contributed by atoms with E-state index in [1.807, 2.05) is 12.1 Å². The number of nitrogens with zero attached hydrogens (tertiary/aromatic N) is 1. The summed E-state index contributed by atoms with van der Waals surface area (Å²) in [5.74, 6) is 0. The van der Waals surface area contributed by atoms with E-state index in [2.05, 4.69) is 66.7 Å². The number of benzene rings is 4. The lowest BCUT2D eigenvalue weighted by atomic mass is 10.0. The van der Waals surface area contributed by atoms with E-state index < -0.39 is 0 Å². The van der Waals surface area contributed by atoms with E-state index in [1.54, 1.807) is 0 Å². The van der Waals surface area contributed by atoms with E-state index >= 15 is 0 Å². The van der Waals surface area contributed by atoms with E-state index in [0.717, 1.165) is 21.8 Å². The van der Waals surface area contributed by atoms with Crippen LogP contribution in [0.25, 0.3) is 43.4 Å². The summed E-state index contributed by atoms with van der Waals surface area (Å²) in [6.07, 6.45) is 0. The number of hydrogen-bond donors (Lipinski definition) is 0. The molecule has 5 rings (SSSR count). The van der Waals surface area contributed by atoms with Gasteiger partial charge in [0.25, 0.3) is 0 Å². The van der Waals surface area contributed by atoms with Crippen molar-refractivity contribution in [2.45, 2.75) is 0 Å². The Kier molecular flexibility index (Phi) is 2.28. The smallest absolute Gasteiger partial charge is 0.0794 e. The van der Waals surface area contributed by atoms with E-state index in [9.17, 15) is 0 Å². The minimum atomic E-state index is 1.03. The van der Waals surface area contributed by atoms with Gasteiger partial charge in [-0.05, 0) is 22.9 Å². The number of aromatic nitrogens is 1. The maximum absolute atomic E-state index is 5.00. The molecule has 0 aliphatic carbocycles. The van der Waals surface area contributed by atoms with Crippen LogP contribution in [0.5, 0.6) is 0 Å². The molecule has 5 aromatic rings. The fraction of sp³-hybridized carbons (Fsp3) is 0. The summed E-state index contributed by atoms with van der Waals surface area (Å²) in [6.45, 7) is 0. The number of rotatable bonds is 0. The fourth-order valence-electron chi connectivity index (χ4n) is 3.23. The highest BCUT2D eigenvalue weighted by Crippen LogP contribution is 2.30. The molecule has 1 aromatic heterocycles. The van der Waals surface area contributed by atoms with Gasteiger partial charge in [0.1, 0.15) is 0 Å². The topological polar surface area (TPSA) is 12.9 Å². The highest BCUT2D eigenvalue weighted by molar-refractivity contribution is 6.13. The molecule has 0 spiro atoms. The first-order valence-corrected chi connectivity index (χ1v) is 7.42. The minimum Gasteiger partial charge on any atom is -0.246 e. The summed E-state index contributed by atoms with van der Waals surface area (Å²) in [6, 6.07) is 28.7. The highest BCUT2D eigenvalue weighted by Gasteiger charge is 2.06. The van der Waals surface area contributed by atoms with Crippen molar-refractivity contribution < 1.29 is 0 Å². The Hall–Kier alpha value is -2.93. The second kappa shape index (κ2) is 4.28. The molecule has 0 unspecified atom stereocenters. The van der Waals surface area contributed by atoms with Crippen LogP contribution < -0.4 is 0 Å². The molecule has 1 radical (unpaired) electrons. The molecule has 0 saturated carbocycles. The average Bonchev–Trinajstić information content (AvgIpc) is 2.60. The molecule has 0 N–H and O–H groups in total. The van der Waals surface area contributed by atoms with Crippen molar-refractivity contribution in [3.8, 4) is 0 Å². The summed E-state index contributed by atoms with van der Waals surface area (Å²) in [5, 5.41) is 7.05. The first kappa shape index (κ1) is 11.7. The molecule has 0 atom stereocenters. The van der Waals surface area contributed by atoms with Gasteiger partial charge in [-0.3, -0.25) is 0 Å². The van der Waals surface area contributed by atoms with E-state index in [-0.39, 0.29) is 0 Å². The molecule has 1 heterocycles. The molecule has 4 aromatic carbocycles. The van der Waals surface area contributed by atoms with Gasteiger partial charge in [0.05, 0.1) is 11.0 Å². The number of pyridine rings is 1. The molecule has 0 amide bonds. The van der Waals surface area contributed by atoms with Gasteiger partial charge in [0.2, 0.25) is 0 Å². The molecule has 1 heteroatoms. The van der Waals surface area contributed by atoms with Gasteiger partial charge in [-0.15, -0.1) is 0 Å². The van der Waals surface area contributed by atoms with Gasteiger partial charge in [-0.25, -0.2) is 4.98 Å². The zero-order valence-electron chi connectivity index (χ0n) is 11.9. The van der Waals surface area contributed by atoms with Gasteiger partial charge in [0, 0.05) is 21.5 Å². The van der Waals surface area contributed by atoms with Gasteiger partial charge >= 0.3 is 0 Å². The zero-order valence-corrected chi connectivity index (χ0v) is 11.9. The Labute approximate surface area is 127 Å². The SMILES string of the molecule is [c]1cccc2ccc3cc4ccc5ccccc5c4nc3c12. The second-order valence-corrected chi connectivity index (χ2v) is 5.62. The van der Waals surface area contributed by atoms with Crippen molar-refractivity contribution in [1.82, 2.24) is 4.98 Å². The monoisotopic (exact) mass is 278 g/mol. The molecule has 101 valence electrons. The third-order valence-corrected chi connectivity index (χ3v) is 4.31. The maximum atomic E-state index is 5.00. The quantitative estimate of drug-likeness (QED) is 0.269. The van der Waals surface area contributed by atoms with Crippen molar-refractivity contribution >= 4 is 43.4 Å². The molecule has 22 heavy (non-hydrogen) atoms. The van der Waals surface area contributed by atoms with Crippen LogP contribution in [0.15, 0.2) is 72.8 Å². The Balaban J connectivity index is 2.05. The molecular formula is C21H12N. The van der Waals surface area contributed by atoms with Crippen molar-refractivity contribution in [3.63, 3.8) is 0 Å². The molecule has 0 fully saturated rings. The van der Waals surface area contributed by atoms with Gasteiger partial charge in [-0.1, -0.05) is 66.7 Å². The third-order valence-electron chi connectivity index (χ3n) is 4.31. The maximum Gasteiger partial charge on any atom is 0.0794 e. The first-order valence-electron chi connectivity index (χ1n) is 7.42. The van der Waals surface area contributed by atoms with Crippen LogP contribution in [0, 0.1) is 6.07 Å². The van der Waals surface area contributed by atoms with Crippen molar-refractivity contribution in [3.05, 3.63) is 78.9 Å². The van der Waals surface area contributed by atoms with Crippen LogP contribution in [0.1, 0.15) is 0 Å². The first-order chi connectivity index (χ1) is 10.9. The normalized spacial score (nSPS) is 11.6. The summed E-state index contributed by atoms with van der Waals surface area (Å²) in [5.41, 5.74) is 2.09. The molecule has 0 bridgehead atoms. The molecule has 0 aliphatic heterocycles. The lowest BCUT2D eigenvalue weighted by Crippen LogP contribution is -1.86. The average molecular weight is 278 g/mol. The lowest BCUT2D eigenvalue weighted by molar-refractivity contribution is 1.53.